The van der Waals surface area contributed by atoms with E-state index < -0.39 is 0 Å². The summed E-state index contributed by atoms with van der Waals surface area (Å²) in [4.78, 5) is 0. The third-order valence-electron chi connectivity index (χ3n) is 3.08. The lowest BCUT2D eigenvalue weighted by Gasteiger charge is -2.42. The van der Waals surface area contributed by atoms with Gasteiger partial charge in [0.1, 0.15) is 5.75 Å². The molecule has 1 aromatic rings. The van der Waals surface area contributed by atoms with Crippen LogP contribution in [0.4, 0.5) is 0 Å². The van der Waals surface area contributed by atoms with Crippen molar-refractivity contribution >= 4 is 28.6 Å². The van der Waals surface area contributed by atoms with Gasteiger partial charge in [-0.15, -0.1) is 0 Å². The molecule has 1 fully saturated rings. The van der Waals surface area contributed by atoms with Gasteiger partial charge in [0.15, 0.2) is 0 Å². The summed E-state index contributed by atoms with van der Waals surface area (Å²) >= 11 is 7.84. The first-order valence-electron chi connectivity index (χ1n) is 5.24. The maximum Gasteiger partial charge on any atom is 0.122 e. The molecule has 0 unspecified atom stereocenters. The Balaban J connectivity index is 2.40. The van der Waals surface area contributed by atoms with E-state index >= 15 is 0 Å². The van der Waals surface area contributed by atoms with Crippen LogP contribution >= 0.6 is 28.6 Å². The Bertz CT molecular complexity index is 377. The quantitative estimate of drug-likeness (QED) is 0.862. The van der Waals surface area contributed by atoms with Crippen molar-refractivity contribution in [3.63, 3.8) is 0 Å². The molecule has 1 aliphatic rings. The number of benzene rings is 1. The standard InChI is InChI=1S/C12H15BrO2S/c1-14-11-3-2-9(13)6-10(11)12(4-5-16)7-15-8-12/h2-3,6,16H,4-5,7-8H2,1H3. The molecule has 88 valence electrons. The average Bonchev–Trinajstić information content (AvgIpc) is 2.23. The fourth-order valence-electron chi connectivity index (χ4n) is 2.09. The second-order valence-corrected chi connectivity index (χ2v) is 5.45. The van der Waals surface area contributed by atoms with E-state index in [1.54, 1.807) is 7.11 Å². The first kappa shape index (κ1) is 12.3. The molecule has 0 bridgehead atoms. The maximum atomic E-state index is 5.43. The van der Waals surface area contributed by atoms with Crippen molar-refractivity contribution in [1.82, 2.24) is 0 Å². The Morgan fingerprint density at radius 1 is 1.50 bits per heavy atom. The van der Waals surface area contributed by atoms with Gasteiger partial charge >= 0.3 is 0 Å². The first-order valence-corrected chi connectivity index (χ1v) is 6.67. The van der Waals surface area contributed by atoms with Gasteiger partial charge in [0.2, 0.25) is 0 Å². The molecule has 1 aromatic carbocycles. The van der Waals surface area contributed by atoms with Crippen LogP contribution in [-0.2, 0) is 10.2 Å². The van der Waals surface area contributed by atoms with Crippen molar-refractivity contribution in [1.29, 1.82) is 0 Å². The highest BCUT2D eigenvalue weighted by Crippen LogP contribution is 2.41. The summed E-state index contributed by atoms with van der Waals surface area (Å²) in [5.41, 5.74) is 1.32. The highest BCUT2D eigenvalue weighted by molar-refractivity contribution is 9.10. The summed E-state index contributed by atoms with van der Waals surface area (Å²) in [5, 5.41) is 0. The molecule has 0 aliphatic carbocycles. The Morgan fingerprint density at radius 2 is 2.25 bits per heavy atom. The van der Waals surface area contributed by atoms with E-state index in [0.717, 1.165) is 35.6 Å². The average molecular weight is 303 g/mol. The summed E-state index contributed by atoms with van der Waals surface area (Å²) in [6.45, 7) is 1.53. The summed E-state index contributed by atoms with van der Waals surface area (Å²) in [7, 11) is 1.71. The van der Waals surface area contributed by atoms with Crippen LogP contribution < -0.4 is 4.74 Å². The Kier molecular flexibility index (Phi) is 3.82. The van der Waals surface area contributed by atoms with E-state index in [1.807, 2.05) is 12.1 Å². The molecular formula is C12H15BrO2S. The van der Waals surface area contributed by atoms with Crippen molar-refractivity contribution in [2.24, 2.45) is 0 Å². The number of methoxy groups -OCH3 is 1. The second kappa shape index (κ2) is 4.98. The predicted molar refractivity (Wildman–Crippen MR) is 71.7 cm³/mol. The van der Waals surface area contributed by atoms with Crippen molar-refractivity contribution in [3.8, 4) is 5.75 Å². The van der Waals surface area contributed by atoms with Gasteiger partial charge in [-0.25, -0.2) is 0 Å². The molecule has 16 heavy (non-hydrogen) atoms. The van der Waals surface area contributed by atoms with E-state index in [0.29, 0.717) is 0 Å². The number of hydrogen-bond donors (Lipinski definition) is 1. The van der Waals surface area contributed by atoms with E-state index in [-0.39, 0.29) is 5.41 Å². The normalized spacial score (nSPS) is 17.9. The number of halogens is 1. The zero-order valence-electron chi connectivity index (χ0n) is 9.20. The molecule has 0 radical (unpaired) electrons. The van der Waals surface area contributed by atoms with E-state index in [2.05, 4.69) is 34.6 Å². The minimum absolute atomic E-state index is 0.0941. The van der Waals surface area contributed by atoms with Gasteiger partial charge < -0.3 is 9.47 Å². The third-order valence-corrected chi connectivity index (χ3v) is 3.80. The van der Waals surface area contributed by atoms with Crippen molar-refractivity contribution < 1.29 is 9.47 Å². The van der Waals surface area contributed by atoms with Gasteiger partial charge in [-0.1, -0.05) is 15.9 Å². The van der Waals surface area contributed by atoms with Crippen molar-refractivity contribution in [2.75, 3.05) is 26.1 Å². The van der Waals surface area contributed by atoms with Crippen LogP contribution in [0.25, 0.3) is 0 Å². The Hall–Kier alpha value is -0.190. The summed E-state index contributed by atoms with van der Waals surface area (Å²) in [5.74, 6) is 1.80. The summed E-state index contributed by atoms with van der Waals surface area (Å²) in [6, 6.07) is 6.12. The lowest BCUT2D eigenvalue weighted by molar-refractivity contribution is -0.0623. The molecule has 2 nitrogen and oxygen atoms in total. The van der Waals surface area contributed by atoms with Crippen LogP contribution in [0.15, 0.2) is 22.7 Å². The molecule has 2 rings (SSSR count). The van der Waals surface area contributed by atoms with Crippen LogP contribution in [0.5, 0.6) is 5.75 Å². The first-order chi connectivity index (χ1) is 7.72. The van der Waals surface area contributed by atoms with E-state index in [9.17, 15) is 0 Å². The van der Waals surface area contributed by atoms with Crippen LogP contribution in [-0.4, -0.2) is 26.1 Å². The lowest BCUT2D eigenvalue weighted by atomic mass is 9.76. The molecule has 1 aliphatic heterocycles. The SMILES string of the molecule is COc1ccc(Br)cc1C1(CCS)COC1. The molecule has 0 N–H and O–H groups in total. The monoisotopic (exact) mass is 302 g/mol. The minimum atomic E-state index is 0.0941. The van der Waals surface area contributed by atoms with Crippen molar-refractivity contribution in [3.05, 3.63) is 28.2 Å². The molecule has 1 heterocycles. The zero-order valence-corrected chi connectivity index (χ0v) is 11.7. The van der Waals surface area contributed by atoms with Crippen LogP contribution in [0.2, 0.25) is 0 Å². The van der Waals surface area contributed by atoms with E-state index in [1.165, 1.54) is 5.56 Å². The molecular weight excluding hydrogens is 288 g/mol. The Morgan fingerprint density at radius 3 is 2.75 bits per heavy atom. The smallest absolute Gasteiger partial charge is 0.122 e. The van der Waals surface area contributed by atoms with Crippen LogP contribution in [0.3, 0.4) is 0 Å². The van der Waals surface area contributed by atoms with E-state index in [4.69, 9.17) is 9.47 Å². The van der Waals surface area contributed by atoms with Gasteiger partial charge in [-0.05, 0) is 30.4 Å². The maximum absolute atomic E-state index is 5.43. The highest BCUT2D eigenvalue weighted by Gasteiger charge is 2.41. The predicted octanol–water partition coefficient (Wildman–Crippen LogP) is 3.05. The van der Waals surface area contributed by atoms with Gasteiger partial charge in [0.05, 0.1) is 20.3 Å². The topological polar surface area (TPSA) is 18.5 Å². The summed E-state index contributed by atoms with van der Waals surface area (Å²) in [6.07, 6.45) is 1.02. The minimum Gasteiger partial charge on any atom is -0.496 e. The fraction of sp³-hybridized carbons (Fsp3) is 0.500. The lowest BCUT2D eigenvalue weighted by Crippen LogP contribution is -2.47. The third kappa shape index (κ3) is 2.11. The number of thiol groups is 1. The molecule has 1 saturated heterocycles. The van der Waals surface area contributed by atoms with Gasteiger partial charge in [-0.3, -0.25) is 0 Å². The summed E-state index contributed by atoms with van der Waals surface area (Å²) < 4.78 is 11.9. The van der Waals surface area contributed by atoms with Gasteiger partial charge in [0.25, 0.3) is 0 Å². The Labute approximate surface area is 110 Å². The number of ether oxygens (including phenoxy) is 2. The second-order valence-electron chi connectivity index (χ2n) is 4.09. The molecule has 0 amide bonds. The molecule has 0 aromatic heterocycles. The molecule has 0 atom stereocenters. The van der Waals surface area contributed by atoms with Crippen LogP contribution in [0, 0.1) is 0 Å². The zero-order chi connectivity index (χ0) is 11.6. The fourth-order valence-corrected chi connectivity index (χ4v) is 2.88. The number of hydrogen-bond acceptors (Lipinski definition) is 3. The van der Waals surface area contributed by atoms with Crippen molar-refractivity contribution in [2.45, 2.75) is 11.8 Å². The van der Waals surface area contributed by atoms with Gasteiger partial charge in [0, 0.05) is 15.5 Å². The molecule has 0 saturated carbocycles. The largest absolute Gasteiger partial charge is 0.496 e. The highest BCUT2D eigenvalue weighted by atomic mass is 79.9. The van der Waals surface area contributed by atoms with Gasteiger partial charge in [-0.2, -0.15) is 12.6 Å². The molecule has 0 spiro atoms. The molecule has 4 heteroatoms. The van der Waals surface area contributed by atoms with Crippen LogP contribution in [0.1, 0.15) is 12.0 Å². The number of rotatable bonds is 4.